The fourth-order valence-corrected chi connectivity index (χ4v) is 2.31. The number of nitrogens with zero attached hydrogens (tertiary/aromatic N) is 1. The molecular formula is C13H22N2O4. The van der Waals surface area contributed by atoms with E-state index in [-0.39, 0.29) is 25.0 Å². The first-order chi connectivity index (χ1) is 8.89. The third kappa shape index (κ3) is 3.05. The highest BCUT2D eigenvalue weighted by molar-refractivity contribution is 6.08. The predicted octanol–water partition coefficient (Wildman–Crippen LogP) is 1.44. The van der Waals surface area contributed by atoms with Crippen LogP contribution in [-0.2, 0) is 14.3 Å². The van der Waals surface area contributed by atoms with Gasteiger partial charge in [-0.15, -0.1) is 0 Å². The molecule has 6 nitrogen and oxygen atoms in total. The summed E-state index contributed by atoms with van der Waals surface area (Å²) in [6, 6.07) is -0.554. The summed E-state index contributed by atoms with van der Waals surface area (Å²) in [6.45, 7) is 7.37. The Labute approximate surface area is 113 Å². The number of ether oxygens (including phenoxy) is 1. The highest BCUT2D eigenvalue weighted by Gasteiger charge is 2.50. The molecule has 0 aromatic rings. The van der Waals surface area contributed by atoms with Crippen molar-refractivity contribution >= 4 is 17.9 Å². The summed E-state index contributed by atoms with van der Waals surface area (Å²) in [5.41, 5.74) is -1.19. The Morgan fingerprint density at radius 1 is 1.32 bits per heavy atom. The largest absolute Gasteiger partial charge is 0.466 e. The number of amides is 3. The quantitative estimate of drug-likeness (QED) is 0.585. The Balaban J connectivity index is 2.87. The maximum Gasteiger partial charge on any atom is 0.325 e. The number of carbonyl (C=O) groups excluding carboxylic acids is 3. The van der Waals surface area contributed by atoms with E-state index in [2.05, 4.69) is 5.32 Å². The van der Waals surface area contributed by atoms with Crippen molar-refractivity contribution in [2.75, 3.05) is 6.61 Å². The lowest BCUT2D eigenvalue weighted by molar-refractivity contribution is -0.147. The van der Waals surface area contributed by atoms with Gasteiger partial charge in [-0.05, 0) is 26.7 Å². The molecule has 3 amide bonds. The Hall–Kier alpha value is -1.59. The zero-order valence-electron chi connectivity index (χ0n) is 12.0. The average molecular weight is 270 g/mol. The van der Waals surface area contributed by atoms with Crippen molar-refractivity contribution in [3.63, 3.8) is 0 Å². The fourth-order valence-electron chi connectivity index (χ4n) is 2.31. The number of rotatable bonds is 6. The fraction of sp³-hybridized carbons (Fsp3) is 0.769. The van der Waals surface area contributed by atoms with Gasteiger partial charge in [0.15, 0.2) is 0 Å². The van der Waals surface area contributed by atoms with Crippen LogP contribution in [0.25, 0.3) is 0 Å². The van der Waals surface area contributed by atoms with Crippen molar-refractivity contribution in [1.82, 2.24) is 10.2 Å². The van der Waals surface area contributed by atoms with E-state index < -0.39 is 17.5 Å². The molecule has 1 heterocycles. The van der Waals surface area contributed by atoms with Crippen LogP contribution >= 0.6 is 0 Å². The highest BCUT2D eigenvalue weighted by atomic mass is 16.5. The summed E-state index contributed by atoms with van der Waals surface area (Å²) < 4.78 is 4.84. The van der Waals surface area contributed by atoms with E-state index in [1.54, 1.807) is 13.8 Å². The maximum atomic E-state index is 12.4. The lowest BCUT2D eigenvalue weighted by Crippen LogP contribution is -2.47. The van der Waals surface area contributed by atoms with Gasteiger partial charge in [0.05, 0.1) is 13.0 Å². The van der Waals surface area contributed by atoms with Crippen molar-refractivity contribution in [3.8, 4) is 0 Å². The normalized spacial score (nSPS) is 22.9. The van der Waals surface area contributed by atoms with Crippen LogP contribution in [0, 0.1) is 0 Å². The highest BCUT2D eigenvalue weighted by Crippen LogP contribution is 2.25. The first-order valence-electron chi connectivity index (χ1n) is 6.71. The minimum atomic E-state index is -1.19. The second-order valence-electron chi connectivity index (χ2n) is 4.89. The molecular weight excluding hydrogens is 248 g/mol. The van der Waals surface area contributed by atoms with Gasteiger partial charge in [0.25, 0.3) is 5.91 Å². The van der Waals surface area contributed by atoms with Gasteiger partial charge in [-0.2, -0.15) is 0 Å². The maximum absolute atomic E-state index is 12.4. The van der Waals surface area contributed by atoms with Crippen molar-refractivity contribution in [3.05, 3.63) is 0 Å². The smallest absolute Gasteiger partial charge is 0.325 e. The summed E-state index contributed by atoms with van der Waals surface area (Å²) >= 11 is 0. The van der Waals surface area contributed by atoms with Gasteiger partial charge in [0, 0.05) is 6.04 Å². The molecule has 0 radical (unpaired) electrons. The van der Waals surface area contributed by atoms with E-state index in [1.807, 2.05) is 13.8 Å². The average Bonchev–Trinajstić information content (AvgIpc) is 2.54. The Kier molecular flexibility index (Phi) is 4.91. The number of hydrogen-bond acceptors (Lipinski definition) is 4. The monoisotopic (exact) mass is 270 g/mol. The molecule has 1 unspecified atom stereocenters. The van der Waals surface area contributed by atoms with Crippen LogP contribution in [0.4, 0.5) is 4.79 Å². The standard InChI is InChI=1S/C13H22N2O4/c1-5-9(6-2)15-11(17)13(4,14-12(15)18)8-10(16)19-7-3/h9H,5-8H2,1-4H3,(H,14,18). The SMILES string of the molecule is CCOC(=O)CC1(C)NC(=O)N(C(CC)CC)C1=O. The summed E-state index contributed by atoms with van der Waals surface area (Å²) in [5.74, 6) is -0.829. The summed E-state index contributed by atoms with van der Waals surface area (Å²) in [5, 5.41) is 2.61. The summed E-state index contributed by atoms with van der Waals surface area (Å²) in [6.07, 6.45) is 1.26. The number of urea groups is 1. The van der Waals surface area contributed by atoms with Crippen LogP contribution in [0.3, 0.4) is 0 Å². The van der Waals surface area contributed by atoms with Gasteiger partial charge in [0.2, 0.25) is 0 Å². The van der Waals surface area contributed by atoms with E-state index in [0.717, 1.165) is 0 Å². The second-order valence-corrected chi connectivity index (χ2v) is 4.89. The molecule has 1 aliphatic rings. The predicted molar refractivity (Wildman–Crippen MR) is 69.4 cm³/mol. The number of carbonyl (C=O) groups is 3. The van der Waals surface area contributed by atoms with E-state index in [0.29, 0.717) is 12.8 Å². The van der Waals surface area contributed by atoms with Crippen molar-refractivity contribution < 1.29 is 19.1 Å². The zero-order chi connectivity index (χ0) is 14.6. The zero-order valence-corrected chi connectivity index (χ0v) is 12.0. The molecule has 0 aromatic heterocycles. The van der Waals surface area contributed by atoms with Gasteiger partial charge in [-0.3, -0.25) is 14.5 Å². The summed E-state index contributed by atoms with van der Waals surface area (Å²) in [4.78, 5) is 37.1. The van der Waals surface area contributed by atoms with E-state index in [4.69, 9.17) is 4.74 Å². The molecule has 1 fully saturated rings. The first-order valence-corrected chi connectivity index (χ1v) is 6.71. The van der Waals surface area contributed by atoms with E-state index in [9.17, 15) is 14.4 Å². The third-order valence-electron chi connectivity index (χ3n) is 3.40. The Morgan fingerprint density at radius 2 is 1.89 bits per heavy atom. The van der Waals surface area contributed by atoms with Crippen LogP contribution in [0.15, 0.2) is 0 Å². The molecule has 0 aliphatic carbocycles. The molecule has 1 N–H and O–H groups in total. The molecule has 6 heteroatoms. The molecule has 108 valence electrons. The number of hydrogen-bond donors (Lipinski definition) is 1. The Morgan fingerprint density at radius 3 is 2.37 bits per heavy atom. The van der Waals surface area contributed by atoms with Crippen LogP contribution in [0.2, 0.25) is 0 Å². The molecule has 0 saturated carbocycles. The van der Waals surface area contributed by atoms with Gasteiger partial charge in [-0.1, -0.05) is 13.8 Å². The Bertz CT molecular complexity index is 379. The van der Waals surface area contributed by atoms with Gasteiger partial charge < -0.3 is 10.1 Å². The van der Waals surface area contributed by atoms with Crippen LogP contribution < -0.4 is 5.32 Å². The van der Waals surface area contributed by atoms with Crippen LogP contribution in [0.5, 0.6) is 0 Å². The molecule has 0 spiro atoms. The topological polar surface area (TPSA) is 75.7 Å². The molecule has 0 aromatic carbocycles. The van der Waals surface area contributed by atoms with Crippen molar-refractivity contribution in [2.24, 2.45) is 0 Å². The molecule has 0 bridgehead atoms. The number of esters is 1. The molecule has 1 atom stereocenters. The van der Waals surface area contributed by atoms with Crippen molar-refractivity contribution in [2.45, 2.75) is 58.5 Å². The molecule has 1 saturated heterocycles. The molecule has 1 rings (SSSR count). The third-order valence-corrected chi connectivity index (χ3v) is 3.40. The van der Waals surface area contributed by atoms with Crippen LogP contribution in [0.1, 0.15) is 47.0 Å². The van der Waals surface area contributed by atoms with E-state index >= 15 is 0 Å². The van der Waals surface area contributed by atoms with Gasteiger partial charge >= 0.3 is 12.0 Å². The van der Waals surface area contributed by atoms with Gasteiger partial charge in [-0.25, -0.2) is 4.79 Å². The van der Waals surface area contributed by atoms with Crippen LogP contribution in [-0.4, -0.2) is 41.0 Å². The number of nitrogens with one attached hydrogen (secondary N) is 1. The minimum Gasteiger partial charge on any atom is -0.466 e. The van der Waals surface area contributed by atoms with E-state index in [1.165, 1.54) is 4.90 Å². The summed E-state index contributed by atoms with van der Waals surface area (Å²) in [7, 11) is 0. The minimum absolute atomic E-state index is 0.128. The van der Waals surface area contributed by atoms with Gasteiger partial charge in [0.1, 0.15) is 5.54 Å². The second kappa shape index (κ2) is 6.04. The number of imide groups is 1. The lowest BCUT2D eigenvalue weighted by atomic mass is 9.97. The first kappa shape index (κ1) is 15.5. The van der Waals surface area contributed by atoms with Crippen molar-refractivity contribution in [1.29, 1.82) is 0 Å². The lowest BCUT2D eigenvalue weighted by Gasteiger charge is -2.25. The molecule has 1 aliphatic heterocycles. The molecule has 19 heavy (non-hydrogen) atoms.